The maximum absolute atomic E-state index is 12.2. The quantitative estimate of drug-likeness (QED) is 0.814. The Morgan fingerprint density at radius 3 is 2.19 bits per heavy atom. The predicted molar refractivity (Wildman–Crippen MR) is 88.7 cm³/mol. The van der Waals surface area contributed by atoms with Crippen molar-refractivity contribution in [1.82, 2.24) is 0 Å². The minimum absolute atomic E-state index is 0.0837. The first-order valence-corrected chi connectivity index (χ1v) is 7.05. The van der Waals surface area contributed by atoms with Crippen molar-refractivity contribution < 1.29 is 4.79 Å². The summed E-state index contributed by atoms with van der Waals surface area (Å²) in [6, 6.07) is 13.2. The van der Waals surface area contributed by atoms with Crippen molar-refractivity contribution in [3.05, 3.63) is 59.2 Å². The molecule has 0 saturated carbocycles. The highest BCUT2D eigenvalue weighted by molar-refractivity contribution is 6.04. The molecule has 0 spiro atoms. The zero-order valence-corrected chi connectivity index (χ0v) is 13.0. The maximum Gasteiger partial charge on any atom is 0.255 e. The van der Waals surface area contributed by atoms with Gasteiger partial charge in [0.1, 0.15) is 0 Å². The second-order valence-corrected chi connectivity index (χ2v) is 6.35. The van der Waals surface area contributed by atoms with E-state index >= 15 is 0 Å². The molecule has 2 aromatic carbocycles. The van der Waals surface area contributed by atoms with Crippen LogP contribution in [-0.4, -0.2) is 5.91 Å². The number of carbonyl (C=O) groups excluding carboxylic acids is 1. The topological polar surface area (TPSA) is 55.1 Å². The molecule has 110 valence electrons. The summed E-state index contributed by atoms with van der Waals surface area (Å²) in [6.07, 6.45) is 0. The first-order chi connectivity index (χ1) is 9.77. The van der Waals surface area contributed by atoms with Crippen LogP contribution in [0, 0.1) is 6.92 Å². The third-order valence-electron chi connectivity index (χ3n) is 3.55. The fourth-order valence-electron chi connectivity index (χ4n) is 2.04. The Balaban J connectivity index is 2.15. The molecule has 0 aliphatic carbocycles. The molecule has 21 heavy (non-hydrogen) atoms. The van der Waals surface area contributed by atoms with Crippen LogP contribution in [0.3, 0.4) is 0 Å². The smallest absolute Gasteiger partial charge is 0.255 e. The second-order valence-electron chi connectivity index (χ2n) is 6.35. The van der Waals surface area contributed by atoms with E-state index in [-0.39, 0.29) is 11.3 Å². The third-order valence-corrected chi connectivity index (χ3v) is 3.55. The van der Waals surface area contributed by atoms with E-state index in [2.05, 4.69) is 26.1 Å². The van der Waals surface area contributed by atoms with Crippen molar-refractivity contribution in [1.29, 1.82) is 0 Å². The SMILES string of the molecule is Cc1ccc(NC(=O)c2ccc(C(C)(C)C)cc2)cc1N. The van der Waals surface area contributed by atoms with Gasteiger partial charge in [0.05, 0.1) is 0 Å². The van der Waals surface area contributed by atoms with Crippen LogP contribution in [0.25, 0.3) is 0 Å². The molecule has 2 rings (SSSR count). The lowest BCUT2D eigenvalue weighted by Gasteiger charge is -2.19. The van der Waals surface area contributed by atoms with Crippen LogP contribution in [0.2, 0.25) is 0 Å². The van der Waals surface area contributed by atoms with Gasteiger partial charge in [-0.2, -0.15) is 0 Å². The first kappa shape index (κ1) is 15.1. The lowest BCUT2D eigenvalue weighted by Crippen LogP contribution is -2.14. The standard InChI is InChI=1S/C18H22N2O/c1-12-5-10-15(11-16(12)19)20-17(21)13-6-8-14(9-7-13)18(2,3)4/h5-11H,19H2,1-4H3,(H,20,21). The van der Waals surface area contributed by atoms with Crippen LogP contribution in [0.4, 0.5) is 11.4 Å². The number of nitrogens with two attached hydrogens (primary N) is 1. The van der Waals surface area contributed by atoms with Crippen LogP contribution in [0.5, 0.6) is 0 Å². The molecule has 0 heterocycles. The fourth-order valence-corrected chi connectivity index (χ4v) is 2.04. The van der Waals surface area contributed by atoms with Crippen LogP contribution in [0.1, 0.15) is 42.3 Å². The van der Waals surface area contributed by atoms with E-state index < -0.39 is 0 Å². The Bertz CT molecular complexity index is 652. The number of aryl methyl sites for hydroxylation is 1. The normalized spacial score (nSPS) is 11.2. The summed E-state index contributed by atoms with van der Waals surface area (Å²) in [6.45, 7) is 8.39. The maximum atomic E-state index is 12.2. The van der Waals surface area contributed by atoms with Gasteiger partial charge in [-0.05, 0) is 47.7 Å². The van der Waals surface area contributed by atoms with E-state index in [0.29, 0.717) is 16.9 Å². The summed E-state index contributed by atoms with van der Waals surface area (Å²) in [5.74, 6) is -0.126. The molecule has 0 atom stereocenters. The molecule has 3 nitrogen and oxygen atoms in total. The summed E-state index contributed by atoms with van der Waals surface area (Å²) >= 11 is 0. The zero-order valence-electron chi connectivity index (χ0n) is 13.0. The number of carbonyl (C=O) groups is 1. The molecule has 0 aliphatic rings. The molecular formula is C18H22N2O. The Morgan fingerprint density at radius 2 is 1.67 bits per heavy atom. The Kier molecular flexibility index (Phi) is 4.03. The molecule has 0 radical (unpaired) electrons. The van der Waals surface area contributed by atoms with E-state index in [1.807, 2.05) is 43.3 Å². The molecule has 3 heteroatoms. The van der Waals surface area contributed by atoms with Gasteiger partial charge in [-0.1, -0.05) is 39.0 Å². The zero-order chi connectivity index (χ0) is 15.6. The van der Waals surface area contributed by atoms with Gasteiger partial charge in [-0.25, -0.2) is 0 Å². The second kappa shape index (κ2) is 5.60. The van der Waals surface area contributed by atoms with Gasteiger partial charge < -0.3 is 11.1 Å². The van der Waals surface area contributed by atoms with Gasteiger partial charge in [-0.3, -0.25) is 4.79 Å². The van der Waals surface area contributed by atoms with Crippen molar-refractivity contribution >= 4 is 17.3 Å². The molecule has 0 unspecified atom stereocenters. The van der Waals surface area contributed by atoms with Crippen molar-refractivity contribution in [2.75, 3.05) is 11.1 Å². The number of nitrogen functional groups attached to an aromatic ring is 1. The van der Waals surface area contributed by atoms with Crippen LogP contribution in [0.15, 0.2) is 42.5 Å². The highest BCUT2D eigenvalue weighted by atomic mass is 16.1. The van der Waals surface area contributed by atoms with E-state index in [1.165, 1.54) is 5.56 Å². The molecular weight excluding hydrogens is 260 g/mol. The number of benzene rings is 2. The number of nitrogens with one attached hydrogen (secondary N) is 1. The van der Waals surface area contributed by atoms with Crippen molar-refractivity contribution in [3.8, 4) is 0 Å². The van der Waals surface area contributed by atoms with Crippen molar-refractivity contribution in [2.45, 2.75) is 33.1 Å². The third kappa shape index (κ3) is 3.63. The highest BCUT2D eigenvalue weighted by Crippen LogP contribution is 2.23. The fraction of sp³-hybridized carbons (Fsp3) is 0.278. The summed E-state index contributed by atoms with van der Waals surface area (Å²) < 4.78 is 0. The van der Waals surface area contributed by atoms with E-state index in [1.54, 1.807) is 6.07 Å². The lowest BCUT2D eigenvalue weighted by molar-refractivity contribution is 0.102. The monoisotopic (exact) mass is 282 g/mol. The largest absolute Gasteiger partial charge is 0.398 e. The van der Waals surface area contributed by atoms with Gasteiger partial charge >= 0.3 is 0 Å². The molecule has 0 fully saturated rings. The number of hydrogen-bond acceptors (Lipinski definition) is 2. The van der Waals surface area contributed by atoms with Crippen LogP contribution >= 0.6 is 0 Å². The van der Waals surface area contributed by atoms with E-state index in [9.17, 15) is 4.79 Å². The van der Waals surface area contributed by atoms with Crippen LogP contribution < -0.4 is 11.1 Å². The van der Waals surface area contributed by atoms with Gasteiger partial charge in [0, 0.05) is 16.9 Å². The molecule has 1 amide bonds. The predicted octanol–water partition coefficient (Wildman–Crippen LogP) is 4.13. The molecule has 0 saturated heterocycles. The summed E-state index contributed by atoms with van der Waals surface area (Å²) in [4.78, 5) is 12.2. The Morgan fingerprint density at radius 1 is 1.05 bits per heavy atom. The number of amides is 1. The van der Waals surface area contributed by atoms with Gasteiger partial charge in [0.15, 0.2) is 0 Å². The summed E-state index contributed by atoms with van der Waals surface area (Å²) in [7, 11) is 0. The van der Waals surface area contributed by atoms with Crippen molar-refractivity contribution in [2.24, 2.45) is 0 Å². The van der Waals surface area contributed by atoms with E-state index in [4.69, 9.17) is 5.73 Å². The minimum atomic E-state index is -0.126. The highest BCUT2D eigenvalue weighted by Gasteiger charge is 2.14. The number of hydrogen-bond donors (Lipinski definition) is 2. The summed E-state index contributed by atoms with van der Waals surface area (Å²) in [5.41, 5.74) is 10.2. The molecule has 0 aromatic heterocycles. The Hall–Kier alpha value is -2.29. The number of anilines is 2. The molecule has 0 bridgehead atoms. The average molecular weight is 282 g/mol. The molecule has 3 N–H and O–H groups in total. The van der Waals surface area contributed by atoms with Crippen molar-refractivity contribution in [3.63, 3.8) is 0 Å². The van der Waals surface area contributed by atoms with Gasteiger partial charge in [0.25, 0.3) is 5.91 Å². The number of rotatable bonds is 2. The Labute approximate surface area is 126 Å². The minimum Gasteiger partial charge on any atom is -0.398 e. The average Bonchev–Trinajstić information content (AvgIpc) is 2.42. The first-order valence-electron chi connectivity index (χ1n) is 7.05. The summed E-state index contributed by atoms with van der Waals surface area (Å²) in [5, 5.41) is 2.87. The molecule has 0 aliphatic heterocycles. The van der Waals surface area contributed by atoms with Gasteiger partial charge in [-0.15, -0.1) is 0 Å². The van der Waals surface area contributed by atoms with E-state index in [0.717, 1.165) is 5.56 Å². The lowest BCUT2D eigenvalue weighted by atomic mass is 9.87. The van der Waals surface area contributed by atoms with Crippen LogP contribution in [-0.2, 0) is 5.41 Å². The molecule has 2 aromatic rings. The van der Waals surface area contributed by atoms with Gasteiger partial charge in [0.2, 0.25) is 0 Å².